The molecule has 78 valence electrons. The van der Waals surface area contributed by atoms with E-state index in [1.54, 1.807) is 6.33 Å². The summed E-state index contributed by atoms with van der Waals surface area (Å²) in [6, 6.07) is 0. The van der Waals surface area contributed by atoms with Crippen molar-refractivity contribution in [3.8, 4) is 0 Å². The van der Waals surface area contributed by atoms with Gasteiger partial charge in [-0.3, -0.25) is 0 Å². The van der Waals surface area contributed by atoms with Crippen molar-refractivity contribution in [1.82, 2.24) is 9.97 Å². The maximum atomic E-state index is 4.39. The molecule has 0 radical (unpaired) electrons. The highest BCUT2D eigenvalue weighted by atomic mass is 14.8. The summed E-state index contributed by atoms with van der Waals surface area (Å²) in [6.07, 6.45) is 1.67. The quantitative estimate of drug-likeness (QED) is 0.683. The third-order valence-corrected chi connectivity index (χ3v) is 2.36. The van der Waals surface area contributed by atoms with Crippen molar-refractivity contribution < 1.29 is 0 Å². The van der Waals surface area contributed by atoms with Crippen LogP contribution in [0.3, 0.4) is 0 Å². The average Bonchev–Trinajstić information content (AvgIpc) is 2.01. The van der Waals surface area contributed by atoms with Crippen LogP contribution in [0.1, 0.15) is 57.5 Å². The van der Waals surface area contributed by atoms with E-state index in [0.29, 0.717) is 5.92 Å². The van der Waals surface area contributed by atoms with Crippen molar-refractivity contribution in [3.05, 3.63) is 23.3 Å². The molecule has 0 aliphatic rings. The third kappa shape index (κ3) is 2.11. The summed E-state index contributed by atoms with van der Waals surface area (Å²) >= 11 is 0. The van der Waals surface area contributed by atoms with E-state index in [-0.39, 0.29) is 5.41 Å². The standard InChI is InChI=1S/C12H20N2/c1-8(2)11-10(12(4,5)6)9(3)13-7-14-11/h7-8H,1-6H3. The van der Waals surface area contributed by atoms with Crippen LogP contribution in [0.2, 0.25) is 0 Å². The molecular weight excluding hydrogens is 172 g/mol. The topological polar surface area (TPSA) is 25.8 Å². The van der Waals surface area contributed by atoms with Gasteiger partial charge in [0.1, 0.15) is 6.33 Å². The van der Waals surface area contributed by atoms with Crippen LogP contribution in [-0.4, -0.2) is 9.97 Å². The zero-order valence-corrected chi connectivity index (χ0v) is 10.0. The molecule has 0 aromatic carbocycles. The molecule has 0 atom stereocenters. The molecule has 1 rings (SSSR count). The largest absolute Gasteiger partial charge is 0.241 e. The minimum atomic E-state index is 0.130. The first-order valence-corrected chi connectivity index (χ1v) is 5.16. The molecule has 0 saturated carbocycles. The highest BCUT2D eigenvalue weighted by Crippen LogP contribution is 2.30. The Bertz CT molecular complexity index is 322. The Morgan fingerprint density at radius 1 is 1.14 bits per heavy atom. The molecule has 2 nitrogen and oxygen atoms in total. The first-order chi connectivity index (χ1) is 6.34. The number of rotatable bonds is 1. The second kappa shape index (κ2) is 3.68. The van der Waals surface area contributed by atoms with Gasteiger partial charge in [0.2, 0.25) is 0 Å². The van der Waals surface area contributed by atoms with Crippen molar-refractivity contribution in [3.63, 3.8) is 0 Å². The summed E-state index contributed by atoms with van der Waals surface area (Å²) in [5.74, 6) is 0.464. The number of hydrogen-bond acceptors (Lipinski definition) is 2. The minimum Gasteiger partial charge on any atom is -0.241 e. The van der Waals surface area contributed by atoms with Gasteiger partial charge in [-0.25, -0.2) is 9.97 Å². The lowest BCUT2D eigenvalue weighted by Crippen LogP contribution is -2.19. The Hall–Kier alpha value is -0.920. The molecule has 14 heavy (non-hydrogen) atoms. The maximum absolute atomic E-state index is 4.39. The molecule has 2 heteroatoms. The molecule has 0 saturated heterocycles. The molecular formula is C12H20N2. The van der Waals surface area contributed by atoms with Crippen LogP contribution in [0, 0.1) is 6.92 Å². The van der Waals surface area contributed by atoms with Crippen LogP contribution in [0.4, 0.5) is 0 Å². The van der Waals surface area contributed by atoms with Crippen LogP contribution in [-0.2, 0) is 5.41 Å². The van der Waals surface area contributed by atoms with Crippen LogP contribution in [0.25, 0.3) is 0 Å². The molecule has 0 unspecified atom stereocenters. The molecule has 0 amide bonds. The van der Waals surface area contributed by atoms with Gasteiger partial charge in [-0.05, 0) is 18.3 Å². The Morgan fingerprint density at radius 3 is 2.07 bits per heavy atom. The smallest absolute Gasteiger partial charge is 0.115 e. The Morgan fingerprint density at radius 2 is 1.71 bits per heavy atom. The van der Waals surface area contributed by atoms with Gasteiger partial charge in [-0.15, -0.1) is 0 Å². The van der Waals surface area contributed by atoms with Crippen LogP contribution < -0.4 is 0 Å². The molecule has 0 N–H and O–H groups in total. The van der Waals surface area contributed by atoms with Crippen molar-refractivity contribution in [1.29, 1.82) is 0 Å². The number of aryl methyl sites for hydroxylation is 1. The zero-order chi connectivity index (χ0) is 10.9. The molecule has 1 aromatic rings. The van der Waals surface area contributed by atoms with E-state index in [1.165, 1.54) is 11.3 Å². The van der Waals surface area contributed by atoms with Gasteiger partial charge in [-0.1, -0.05) is 34.6 Å². The maximum Gasteiger partial charge on any atom is 0.115 e. The Balaban J connectivity index is 3.38. The van der Waals surface area contributed by atoms with Gasteiger partial charge < -0.3 is 0 Å². The molecule has 0 fully saturated rings. The Labute approximate surface area is 86.8 Å². The van der Waals surface area contributed by atoms with Gasteiger partial charge in [0, 0.05) is 11.3 Å². The number of hydrogen-bond donors (Lipinski definition) is 0. The molecule has 0 spiro atoms. The van der Waals surface area contributed by atoms with E-state index < -0.39 is 0 Å². The lowest BCUT2D eigenvalue weighted by Gasteiger charge is -2.25. The van der Waals surface area contributed by atoms with Crippen LogP contribution in [0.5, 0.6) is 0 Å². The SMILES string of the molecule is Cc1ncnc(C(C)C)c1C(C)(C)C. The second-order valence-corrected chi connectivity index (χ2v) is 5.12. The lowest BCUT2D eigenvalue weighted by atomic mass is 9.82. The van der Waals surface area contributed by atoms with E-state index in [4.69, 9.17) is 0 Å². The zero-order valence-electron chi connectivity index (χ0n) is 10.0. The van der Waals surface area contributed by atoms with E-state index in [1.807, 2.05) is 0 Å². The molecule has 1 heterocycles. The minimum absolute atomic E-state index is 0.130. The number of aromatic nitrogens is 2. The summed E-state index contributed by atoms with van der Waals surface area (Å²) in [5, 5.41) is 0. The summed E-state index contributed by atoms with van der Waals surface area (Å²) in [4.78, 5) is 8.67. The van der Waals surface area contributed by atoms with E-state index in [9.17, 15) is 0 Å². The third-order valence-electron chi connectivity index (χ3n) is 2.36. The van der Waals surface area contributed by atoms with Gasteiger partial charge in [-0.2, -0.15) is 0 Å². The lowest BCUT2D eigenvalue weighted by molar-refractivity contribution is 0.560. The summed E-state index contributed by atoms with van der Waals surface area (Å²) in [5.41, 5.74) is 3.72. The molecule has 1 aromatic heterocycles. The fourth-order valence-corrected chi connectivity index (χ4v) is 1.86. The van der Waals surface area contributed by atoms with E-state index in [2.05, 4.69) is 51.5 Å². The summed E-state index contributed by atoms with van der Waals surface area (Å²) in [7, 11) is 0. The highest BCUT2D eigenvalue weighted by Gasteiger charge is 2.23. The predicted molar refractivity (Wildman–Crippen MR) is 59.6 cm³/mol. The average molecular weight is 192 g/mol. The van der Waals surface area contributed by atoms with Gasteiger partial charge in [0.15, 0.2) is 0 Å². The monoisotopic (exact) mass is 192 g/mol. The van der Waals surface area contributed by atoms with Crippen LogP contribution >= 0.6 is 0 Å². The van der Waals surface area contributed by atoms with Crippen molar-refractivity contribution in [2.75, 3.05) is 0 Å². The first-order valence-electron chi connectivity index (χ1n) is 5.16. The predicted octanol–water partition coefficient (Wildman–Crippen LogP) is 3.21. The fraction of sp³-hybridized carbons (Fsp3) is 0.667. The molecule has 0 aliphatic carbocycles. The summed E-state index contributed by atoms with van der Waals surface area (Å²) < 4.78 is 0. The molecule has 0 aliphatic heterocycles. The van der Waals surface area contributed by atoms with E-state index >= 15 is 0 Å². The van der Waals surface area contributed by atoms with Crippen molar-refractivity contribution >= 4 is 0 Å². The van der Waals surface area contributed by atoms with Crippen molar-refractivity contribution in [2.45, 2.75) is 52.9 Å². The normalized spacial score (nSPS) is 12.2. The number of nitrogens with zero attached hydrogens (tertiary/aromatic N) is 2. The second-order valence-electron chi connectivity index (χ2n) is 5.12. The van der Waals surface area contributed by atoms with Crippen LogP contribution in [0.15, 0.2) is 6.33 Å². The summed E-state index contributed by atoms with van der Waals surface area (Å²) in [6.45, 7) is 13.1. The van der Waals surface area contributed by atoms with Gasteiger partial charge >= 0.3 is 0 Å². The Kier molecular flexibility index (Phi) is 2.93. The first kappa shape index (κ1) is 11.2. The fourth-order valence-electron chi connectivity index (χ4n) is 1.86. The highest BCUT2D eigenvalue weighted by molar-refractivity contribution is 5.32. The van der Waals surface area contributed by atoms with E-state index in [0.717, 1.165) is 5.69 Å². The van der Waals surface area contributed by atoms with Crippen molar-refractivity contribution in [2.24, 2.45) is 0 Å². The van der Waals surface area contributed by atoms with Gasteiger partial charge in [0.05, 0.1) is 5.69 Å². The molecule has 0 bridgehead atoms. The van der Waals surface area contributed by atoms with Gasteiger partial charge in [0.25, 0.3) is 0 Å².